The van der Waals surface area contributed by atoms with Gasteiger partial charge < -0.3 is 10.6 Å². The first kappa shape index (κ1) is 12.8. The normalized spacial score (nSPS) is 10.2. The van der Waals surface area contributed by atoms with Crippen LogP contribution < -0.4 is 10.6 Å². The molecule has 0 aliphatic heterocycles. The summed E-state index contributed by atoms with van der Waals surface area (Å²) in [7, 11) is 1.91. The average Bonchev–Trinajstić information content (AvgIpc) is 2.25. The third-order valence-corrected chi connectivity index (χ3v) is 2.88. The molecule has 0 saturated carbocycles. The quantitative estimate of drug-likeness (QED) is 0.611. The highest BCUT2D eigenvalue weighted by atomic mass is 32.2. The second kappa shape index (κ2) is 5.75. The zero-order valence-corrected chi connectivity index (χ0v) is 10.3. The number of benzene rings is 1. The van der Waals surface area contributed by atoms with Crippen LogP contribution in [0.3, 0.4) is 0 Å². The molecular formula is C11H16FN3S. The van der Waals surface area contributed by atoms with Gasteiger partial charge in [-0.3, -0.25) is 5.41 Å². The average molecular weight is 241 g/mol. The van der Waals surface area contributed by atoms with Crippen molar-refractivity contribution in [2.75, 3.05) is 30.5 Å². The fraction of sp³-hybridized carbons (Fsp3) is 0.364. The van der Waals surface area contributed by atoms with Crippen molar-refractivity contribution in [2.45, 2.75) is 0 Å². The van der Waals surface area contributed by atoms with E-state index in [1.807, 2.05) is 18.2 Å². The number of nitrogens with one attached hydrogen (secondary N) is 1. The lowest BCUT2D eigenvalue weighted by Crippen LogP contribution is -2.24. The topological polar surface area (TPSA) is 53.1 Å². The van der Waals surface area contributed by atoms with E-state index in [1.54, 1.807) is 17.8 Å². The number of rotatable bonds is 5. The van der Waals surface area contributed by atoms with Crippen molar-refractivity contribution in [3.63, 3.8) is 0 Å². The van der Waals surface area contributed by atoms with Gasteiger partial charge in [0.05, 0.1) is 0 Å². The van der Waals surface area contributed by atoms with Crippen LogP contribution in [-0.4, -0.2) is 31.4 Å². The van der Waals surface area contributed by atoms with E-state index in [0.717, 1.165) is 18.0 Å². The van der Waals surface area contributed by atoms with E-state index in [1.165, 1.54) is 12.1 Å². The van der Waals surface area contributed by atoms with Gasteiger partial charge in [0, 0.05) is 30.6 Å². The van der Waals surface area contributed by atoms with E-state index in [-0.39, 0.29) is 11.7 Å². The maximum Gasteiger partial charge on any atom is 0.125 e. The van der Waals surface area contributed by atoms with E-state index >= 15 is 0 Å². The van der Waals surface area contributed by atoms with Gasteiger partial charge in [-0.1, -0.05) is 0 Å². The van der Waals surface area contributed by atoms with Crippen molar-refractivity contribution in [1.82, 2.24) is 0 Å². The number of halogens is 1. The molecule has 88 valence electrons. The minimum Gasteiger partial charge on any atom is -0.384 e. The van der Waals surface area contributed by atoms with Gasteiger partial charge in [-0.25, -0.2) is 4.39 Å². The second-order valence-corrected chi connectivity index (χ2v) is 4.48. The van der Waals surface area contributed by atoms with E-state index in [0.29, 0.717) is 5.56 Å². The predicted molar refractivity (Wildman–Crippen MR) is 69.1 cm³/mol. The molecule has 0 unspecified atom stereocenters. The van der Waals surface area contributed by atoms with Crippen molar-refractivity contribution in [1.29, 1.82) is 5.41 Å². The van der Waals surface area contributed by atoms with Gasteiger partial charge in [0.25, 0.3) is 0 Å². The highest BCUT2D eigenvalue weighted by molar-refractivity contribution is 7.98. The van der Waals surface area contributed by atoms with Crippen molar-refractivity contribution in [3.8, 4) is 0 Å². The van der Waals surface area contributed by atoms with Crippen molar-refractivity contribution in [3.05, 3.63) is 29.6 Å². The molecule has 0 spiro atoms. The number of nitrogens with zero attached hydrogens (tertiary/aromatic N) is 1. The SMILES string of the molecule is CSCCN(C)c1ccc(F)cc1C(=N)N. The summed E-state index contributed by atoms with van der Waals surface area (Å²) in [5, 5.41) is 7.42. The van der Waals surface area contributed by atoms with Crippen LogP contribution in [0.2, 0.25) is 0 Å². The maximum absolute atomic E-state index is 13.0. The molecule has 0 aliphatic rings. The lowest BCUT2D eigenvalue weighted by Gasteiger charge is -2.21. The molecule has 0 heterocycles. The molecule has 0 aromatic heterocycles. The molecule has 1 aromatic rings. The number of anilines is 1. The molecule has 0 amide bonds. The Hall–Kier alpha value is -1.23. The van der Waals surface area contributed by atoms with E-state index in [4.69, 9.17) is 11.1 Å². The van der Waals surface area contributed by atoms with E-state index in [9.17, 15) is 4.39 Å². The smallest absolute Gasteiger partial charge is 0.125 e. The number of thioether (sulfide) groups is 1. The fourth-order valence-corrected chi connectivity index (χ4v) is 1.86. The Labute approximate surface area is 99.3 Å². The summed E-state index contributed by atoms with van der Waals surface area (Å²) in [4.78, 5) is 1.98. The third-order valence-electron chi connectivity index (χ3n) is 2.29. The Morgan fingerprint density at radius 1 is 1.56 bits per heavy atom. The van der Waals surface area contributed by atoms with Gasteiger partial charge in [-0.05, 0) is 24.5 Å². The van der Waals surface area contributed by atoms with E-state index < -0.39 is 0 Å². The molecule has 1 rings (SSSR count). The molecule has 0 saturated heterocycles. The van der Waals surface area contributed by atoms with Gasteiger partial charge >= 0.3 is 0 Å². The number of hydrogen-bond donors (Lipinski definition) is 2. The molecule has 16 heavy (non-hydrogen) atoms. The first-order chi connectivity index (χ1) is 7.56. The van der Waals surface area contributed by atoms with Gasteiger partial charge in [0.1, 0.15) is 11.7 Å². The lowest BCUT2D eigenvalue weighted by atomic mass is 10.1. The molecular weight excluding hydrogens is 225 g/mol. The molecule has 5 heteroatoms. The predicted octanol–water partition coefficient (Wildman–Crippen LogP) is 1.91. The molecule has 3 N–H and O–H groups in total. The third kappa shape index (κ3) is 3.13. The summed E-state index contributed by atoms with van der Waals surface area (Å²) >= 11 is 1.74. The Morgan fingerprint density at radius 2 is 2.25 bits per heavy atom. The highest BCUT2D eigenvalue weighted by Crippen LogP contribution is 2.20. The summed E-state index contributed by atoms with van der Waals surface area (Å²) < 4.78 is 13.0. The Bertz CT molecular complexity index is 381. The molecule has 3 nitrogen and oxygen atoms in total. The fourth-order valence-electron chi connectivity index (χ4n) is 1.41. The van der Waals surface area contributed by atoms with Crippen LogP contribution in [0.1, 0.15) is 5.56 Å². The number of nitrogen functional groups attached to an aromatic ring is 1. The van der Waals surface area contributed by atoms with E-state index in [2.05, 4.69) is 0 Å². The standard InChI is InChI=1S/C11H16FN3S/c1-15(5-6-16-2)10-4-3-8(12)7-9(10)11(13)14/h3-4,7H,5-6H2,1-2H3,(H3,13,14). The molecule has 0 bridgehead atoms. The monoisotopic (exact) mass is 241 g/mol. The summed E-state index contributed by atoms with van der Waals surface area (Å²) in [6, 6.07) is 4.34. The lowest BCUT2D eigenvalue weighted by molar-refractivity contribution is 0.627. The minimum atomic E-state index is -0.368. The molecule has 0 atom stereocenters. The van der Waals surface area contributed by atoms with Crippen LogP contribution in [0.4, 0.5) is 10.1 Å². The number of hydrogen-bond acceptors (Lipinski definition) is 3. The maximum atomic E-state index is 13.0. The second-order valence-electron chi connectivity index (χ2n) is 3.49. The largest absolute Gasteiger partial charge is 0.384 e. The van der Waals surface area contributed by atoms with Crippen molar-refractivity contribution in [2.24, 2.45) is 5.73 Å². The Morgan fingerprint density at radius 3 is 2.81 bits per heavy atom. The van der Waals surface area contributed by atoms with Gasteiger partial charge in [0.15, 0.2) is 0 Å². The van der Waals surface area contributed by atoms with Gasteiger partial charge in [-0.15, -0.1) is 0 Å². The van der Waals surface area contributed by atoms with Crippen LogP contribution in [-0.2, 0) is 0 Å². The summed E-state index contributed by atoms with van der Waals surface area (Å²) in [5.74, 6) is 0.503. The zero-order chi connectivity index (χ0) is 12.1. The Balaban J connectivity index is 2.98. The van der Waals surface area contributed by atoms with Gasteiger partial charge in [0.2, 0.25) is 0 Å². The van der Waals surface area contributed by atoms with Gasteiger partial charge in [-0.2, -0.15) is 11.8 Å². The van der Waals surface area contributed by atoms with Crippen LogP contribution in [0, 0.1) is 11.2 Å². The Kier molecular flexibility index (Phi) is 4.61. The molecule has 0 aliphatic carbocycles. The number of amidine groups is 1. The van der Waals surface area contributed by atoms with Crippen LogP contribution in [0.25, 0.3) is 0 Å². The highest BCUT2D eigenvalue weighted by Gasteiger charge is 2.10. The van der Waals surface area contributed by atoms with Crippen LogP contribution in [0.15, 0.2) is 18.2 Å². The summed E-state index contributed by atoms with van der Waals surface area (Å²) in [6.07, 6.45) is 2.03. The first-order valence-corrected chi connectivity index (χ1v) is 6.29. The molecule has 0 fully saturated rings. The van der Waals surface area contributed by atoms with Crippen LogP contribution in [0.5, 0.6) is 0 Å². The van der Waals surface area contributed by atoms with Crippen LogP contribution >= 0.6 is 11.8 Å². The molecule has 0 radical (unpaired) electrons. The minimum absolute atomic E-state index is 0.106. The van der Waals surface area contributed by atoms with Crippen molar-refractivity contribution >= 4 is 23.3 Å². The summed E-state index contributed by atoms with van der Waals surface area (Å²) in [6.45, 7) is 0.840. The zero-order valence-electron chi connectivity index (χ0n) is 9.46. The molecule has 1 aromatic carbocycles. The number of nitrogens with two attached hydrogens (primary N) is 1. The first-order valence-electron chi connectivity index (χ1n) is 4.90. The van der Waals surface area contributed by atoms with Crippen molar-refractivity contribution < 1.29 is 4.39 Å². The summed E-state index contributed by atoms with van der Waals surface area (Å²) in [5.41, 5.74) is 6.68.